The molecule has 0 aliphatic rings. The van der Waals surface area contributed by atoms with Crippen LogP contribution in [-0.4, -0.2) is 48.7 Å². The van der Waals surface area contributed by atoms with Gasteiger partial charge in [0.1, 0.15) is 0 Å². The highest BCUT2D eigenvalue weighted by molar-refractivity contribution is 6.31. The first-order valence-corrected chi connectivity index (χ1v) is 6.42. The topological polar surface area (TPSA) is 81.7 Å². The van der Waals surface area contributed by atoms with E-state index in [1.54, 1.807) is 0 Å². The number of anilines is 1. The van der Waals surface area contributed by atoms with Gasteiger partial charge in [-0.05, 0) is 39.2 Å². The van der Waals surface area contributed by atoms with Crippen LogP contribution >= 0.6 is 11.6 Å². The van der Waals surface area contributed by atoms with E-state index in [9.17, 15) is 9.59 Å². The molecule has 7 heteroatoms. The second-order valence-corrected chi connectivity index (χ2v) is 5.12. The zero-order valence-electron chi connectivity index (χ0n) is 11.6. The molecule has 110 valence electrons. The quantitative estimate of drug-likeness (QED) is 0.778. The summed E-state index contributed by atoms with van der Waals surface area (Å²) in [6.07, 6.45) is 0. The van der Waals surface area contributed by atoms with E-state index in [4.69, 9.17) is 16.7 Å². The summed E-state index contributed by atoms with van der Waals surface area (Å²) in [5.74, 6) is -1.10. The highest BCUT2D eigenvalue weighted by Crippen LogP contribution is 2.19. The largest absolute Gasteiger partial charge is 0.478 e. The molecule has 0 spiro atoms. The maximum Gasteiger partial charge on any atom is 0.335 e. The number of benzene rings is 1. The van der Waals surface area contributed by atoms with Gasteiger partial charge >= 0.3 is 12.0 Å². The molecule has 1 atom stereocenters. The Hall–Kier alpha value is -1.79. The van der Waals surface area contributed by atoms with Crippen LogP contribution in [0.15, 0.2) is 18.2 Å². The second kappa shape index (κ2) is 7.12. The number of aromatic carboxylic acids is 1. The third-order valence-corrected chi connectivity index (χ3v) is 3.06. The summed E-state index contributed by atoms with van der Waals surface area (Å²) in [6.45, 7) is 2.45. The van der Waals surface area contributed by atoms with Gasteiger partial charge in [0.25, 0.3) is 0 Å². The van der Waals surface area contributed by atoms with E-state index < -0.39 is 12.0 Å². The molecule has 0 fully saturated rings. The lowest BCUT2D eigenvalue weighted by molar-refractivity contribution is 0.0697. The van der Waals surface area contributed by atoms with Crippen molar-refractivity contribution < 1.29 is 14.7 Å². The minimum atomic E-state index is -1.10. The van der Waals surface area contributed by atoms with E-state index in [2.05, 4.69) is 10.6 Å². The molecule has 0 heterocycles. The molecule has 2 amide bonds. The number of carboxylic acids is 1. The zero-order valence-corrected chi connectivity index (χ0v) is 12.4. The third kappa shape index (κ3) is 5.07. The smallest absolute Gasteiger partial charge is 0.335 e. The molecule has 3 N–H and O–H groups in total. The van der Waals surface area contributed by atoms with Crippen molar-refractivity contribution in [1.82, 2.24) is 10.2 Å². The molecule has 1 rings (SSSR count). The monoisotopic (exact) mass is 299 g/mol. The van der Waals surface area contributed by atoms with Gasteiger partial charge in [0.2, 0.25) is 0 Å². The van der Waals surface area contributed by atoms with E-state index in [1.807, 2.05) is 25.9 Å². The highest BCUT2D eigenvalue weighted by atomic mass is 35.5. The summed E-state index contributed by atoms with van der Waals surface area (Å²) in [5, 5.41) is 14.4. The third-order valence-electron chi connectivity index (χ3n) is 2.84. The van der Waals surface area contributed by atoms with E-state index in [-0.39, 0.29) is 16.6 Å². The van der Waals surface area contributed by atoms with Crippen LogP contribution in [0.25, 0.3) is 0 Å². The fourth-order valence-corrected chi connectivity index (χ4v) is 1.62. The van der Waals surface area contributed by atoms with Gasteiger partial charge in [-0.15, -0.1) is 0 Å². The van der Waals surface area contributed by atoms with Crippen LogP contribution in [0, 0.1) is 0 Å². The molecular formula is C13H18ClN3O3. The van der Waals surface area contributed by atoms with Crippen molar-refractivity contribution in [3.63, 3.8) is 0 Å². The minimum absolute atomic E-state index is 0.0226. The molecule has 1 unspecified atom stereocenters. The molecule has 0 bridgehead atoms. The lowest BCUT2D eigenvalue weighted by Gasteiger charge is -2.20. The number of rotatable bonds is 5. The second-order valence-electron chi connectivity index (χ2n) is 4.68. The predicted molar refractivity (Wildman–Crippen MR) is 78.6 cm³/mol. The standard InChI is InChI=1S/C13H18ClN3O3/c1-8(17(2)3)7-15-13(20)16-11-5-9(12(18)19)4-10(14)6-11/h4-6,8H,7H2,1-3H3,(H,18,19)(H2,15,16,20). The summed E-state index contributed by atoms with van der Waals surface area (Å²) in [5.41, 5.74) is 0.361. The van der Waals surface area contributed by atoms with E-state index in [1.165, 1.54) is 18.2 Å². The molecule has 0 saturated carbocycles. The number of halogens is 1. The van der Waals surface area contributed by atoms with Crippen LogP contribution in [0.3, 0.4) is 0 Å². The highest BCUT2D eigenvalue weighted by Gasteiger charge is 2.10. The van der Waals surface area contributed by atoms with E-state index in [0.29, 0.717) is 12.2 Å². The number of carboxylic acid groups (broad SMARTS) is 1. The number of urea groups is 1. The molecule has 0 radical (unpaired) electrons. The SMILES string of the molecule is CC(CNC(=O)Nc1cc(Cl)cc(C(=O)O)c1)N(C)C. The Morgan fingerprint density at radius 3 is 2.55 bits per heavy atom. The number of carbonyl (C=O) groups is 2. The fraction of sp³-hybridized carbons (Fsp3) is 0.385. The van der Waals surface area contributed by atoms with E-state index in [0.717, 1.165) is 0 Å². The number of likely N-dealkylation sites (N-methyl/N-ethyl adjacent to an activating group) is 1. The number of nitrogens with one attached hydrogen (secondary N) is 2. The van der Waals surface area contributed by atoms with Gasteiger partial charge in [0, 0.05) is 23.3 Å². The van der Waals surface area contributed by atoms with Gasteiger partial charge in [-0.3, -0.25) is 0 Å². The zero-order chi connectivity index (χ0) is 15.3. The number of hydrogen-bond acceptors (Lipinski definition) is 3. The Labute approximate surface area is 122 Å². The van der Waals surface area contributed by atoms with Crippen LogP contribution in [0.5, 0.6) is 0 Å². The van der Waals surface area contributed by atoms with Crippen molar-refractivity contribution in [1.29, 1.82) is 0 Å². The van der Waals surface area contributed by atoms with Crippen LogP contribution in [0.1, 0.15) is 17.3 Å². The van der Waals surface area contributed by atoms with Crippen LogP contribution in [-0.2, 0) is 0 Å². The summed E-state index contributed by atoms with van der Waals surface area (Å²) in [4.78, 5) is 24.6. The molecular weight excluding hydrogens is 282 g/mol. The Kier molecular flexibility index (Phi) is 5.79. The van der Waals surface area contributed by atoms with Gasteiger partial charge in [-0.25, -0.2) is 9.59 Å². The molecule has 0 aliphatic carbocycles. The first kappa shape index (κ1) is 16.3. The van der Waals surface area contributed by atoms with E-state index >= 15 is 0 Å². The lowest BCUT2D eigenvalue weighted by Crippen LogP contribution is -2.40. The summed E-state index contributed by atoms with van der Waals surface area (Å²) < 4.78 is 0. The van der Waals surface area contributed by atoms with Crippen LogP contribution in [0.4, 0.5) is 10.5 Å². The van der Waals surface area contributed by atoms with Crippen molar-refractivity contribution in [2.24, 2.45) is 0 Å². The molecule has 0 saturated heterocycles. The predicted octanol–water partition coefficient (Wildman–Crippen LogP) is 2.11. The molecule has 0 aliphatic heterocycles. The first-order chi connectivity index (χ1) is 9.29. The van der Waals surface area contributed by atoms with Crippen molar-refractivity contribution in [2.45, 2.75) is 13.0 Å². The minimum Gasteiger partial charge on any atom is -0.478 e. The molecule has 1 aromatic carbocycles. The Bertz CT molecular complexity index is 506. The molecule has 20 heavy (non-hydrogen) atoms. The average Bonchev–Trinajstić information content (AvgIpc) is 2.34. The van der Waals surface area contributed by atoms with Gasteiger partial charge in [0.05, 0.1) is 5.56 Å². The number of hydrogen-bond donors (Lipinski definition) is 3. The van der Waals surface area contributed by atoms with Gasteiger partial charge < -0.3 is 20.6 Å². The molecule has 1 aromatic rings. The Morgan fingerprint density at radius 1 is 1.35 bits per heavy atom. The van der Waals surface area contributed by atoms with Crippen molar-refractivity contribution in [2.75, 3.05) is 26.0 Å². The average molecular weight is 300 g/mol. The van der Waals surface area contributed by atoms with Crippen molar-refractivity contribution >= 4 is 29.3 Å². The number of carbonyl (C=O) groups excluding carboxylic acids is 1. The normalized spacial score (nSPS) is 12.1. The summed E-state index contributed by atoms with van der Waals surface area (Å²) in [6, 6.07) is 3.94. The van der Waals surface area contributed by atoms with Crippen molar-refractivity contribution in [3.8, 4) is 0 Å². The fourth-order valence-electron chi connectivity index (χ4n) is 1.38. The van der Waals surface area contributed by atoms with Crippen molar-refractivity contribution in [3.05, 3.63) is 28.8 Å². The maximum atomic E-state index is 11.7. The van der Waals surface area contributed by atoms with Crippen LogP contribution in [0.2, 0.25) is 5.02 Å². The van der Waals surface area contributed by atoms with Gasteiger partial charge in [0.15, 0.2) is 0 Å². The van der Waals surface area contributed by atoms with Gasteiger partial charge in [-0.1, -0.05) is 11.6 Å². The Balaban J connectivity index is 2.64. The maximum absolute atomic E-state index is 11.7. The molecule has 0 aromatic heterocycles. The number of nitrogens with zero attached hydrogens (tertiary/aromatic N) is 1. The summed E-state index contributed by atoms with van der Waals surface area (Å²) in [7, 11) is 3.83. The van der Waals surface area contributed by atoms with Gasteiger partial charge in [-0.2, -0.15) is 0 Å². The molecule has 6 nitrogen and oxygen atoms in total. The lowest BCUT2D eigenvalue weighted by atomic mass is 10.2. The first-order valence-electron chi connectivity index (χ1n) is 6.04. The summed E-state index contributed by atoms with van der Waals surface area (Å²) >= 11 is 5.80. The number of amides is 2. The van der Waals surface area contributed by atoms with Crippen LogP contribution < -0.4 is 10.6 Å². The Morgan fingerprint density at radius 2 is 2.00 bits per heavy atom.